The smallest absolute Gasteiger partial charge is 0.264 e. The van der Waals surface area contributed by atoms with Crippen LogP contribution < -0.4 is 0 Å². The van der Waals surface area contributed by atoms with E-state index in [1.807, 2.05) is 24.3 Å². The van der Waals surface area contributed by atoms with Gasteiger partial charge in [-0.05, 0) is 85.0 Å². The SMILES string of the molecule is O=S(=O)(O)CCCCCCc1cc(-c2ccc(O)c(CCCCCCS(=O)(=O)O)c2)ccc1O. The maximum atomic E-state index is 10.8. The summed E-state index contributed by atoms with van der Waals surface area (Å²) in [4.78, 5) is 0. The molecule has 2 rings (SSSR count). The van der Waals surface area contributed by atoms with Crippen LogP contribution in [0.25, 0.3) is 11.1 Å². The van der Waals surface area contributed by atoms with E-state index in [9.17, 15) is 27.0 Å². The van der Waals surface area contributed by atoms with Crippen LogP contribution in [0, 0.1) is 0 Å². The van der Waals surface area contributed by atoms with Gasteiger partial charge < -0.3 is 10.2 Å². The Morgan fingerprint density at radius 3 is 1.24 bits per heavy atom. The lowest BCUT2D eigenvalue weighted by Crippen LogP contribution is -2.03. The third-order valence-corrected chi connectivity index (χ3v) is 7.30. The van der Waals surface area contributed by atoms with Gasteiger partial charge in [-0.25, -0.2) is 0 Å². The van der Waals surface area contributed by atoms with E-state index in [1.54, 1.807) is 12.1 Å². The van der Waals surface area contributed by atoms with Gasteiger partial charge in [0, 0.05) is 0 Å². The van der Waals surface area contributed by atoms with Crippen molar-refractivity contribution in [1.29, 1.82) is 0 Å². The van der Waals surface area contributed by atoms with E-state index in [0.29, 0.717) is 38.5 Å². The molecule has 2 aromatic rings. The average Bonchev–Trinajstić information content (AvgIpc) is 2.74. The molecular weight excluding hydrogens is 480 g/mol. The Balaban J connectivity index is 1.92. The van der Waals surface area contributed by atoms with Crippen LogP contribution in [-0.4, -0.2) is 47.7 Å². The van der Waals surface area contributed by atoms with Gasteiger partial charge in [-0.2, -0.15) is 16.8 Å². The molecule has 0 radical (unpaired) electrons. The van der Waals surface area contributed by atoms with Crippen molar-refractivity contribution in [2.75, 3.05) is 11.5 Å². The number of hydrogen-bond donors (Lipinski definition) is 4. The zero-order valence-electron chi connectivity index (χ0n) is 19.2. The van der Waals surface area contributed by atoms with Crippen LogP contribution in [0.15, 0.2) is 36.4 Å². The summed E-state index contributed by atoms with van der Waals surface area (Å²) in [6.45, 7) is 0. The first kappa shape index (κ1) is 28.1. The number of rotatable bonds is 15. The monoisotopic (exact) mass is 514 g/mol. The lowest BCUT2D eigenvalue weighted by atomic mass is 9.96. The minimum Gasteiger partial charge on any atom is -0.508 e. The molecule has 10 heteroatoms. The molecule has 0 atom stereocenters. The van der Waals surface area contributed by atoms with Crippen LogP contribution >= 0.6 is 0 Å². The summed E-state index contributed by atoms with van der Waals surface area (Å²) in [5.74, 6) is -0.0700. The molecule has 0 saturated heterocycles. The molecule has 0 bridgehead atoms. The van der Waals surface area contributed by atoms with Crippen molar-refractivity contribution in [1.82, 2.24) is 0 Å². The van der Waals surface area contributed by atoms with Crippen molar-refractivity contribution < 1.29 is 36.2 Å². The summed E-state index contributed by atoms with van der Waals surface area (Å²) in [5, 5.41) is 20.4. The average molecular weight is 515 g/mol. The second kappa shape index (κ2) is 13.1. The molecule has 2 aromatic carbocycles. The Labute approximate surface area is 202 Å². The molecule has 0 aromatic heterocycles. The predicted molar refractivity (Wildman–Crippen MR) is 132 cm³/mol. The molecule has 0 aliphatic heterocycles. The Hall–Kier alpha value is -2.14. The Kier molecular flexibility index (Phi) is 10.8. The first-order valence-corrected chi connectivity index (χ1v) is 14.7. The van der Waals surface area contributed by atoms with Crippen LogP contribution in [0.3, 0.4) is 0 Å². The first-order valence-electron chi connectivity index (χ1n) is 11.5. The zero-order chi connectivity index (χ0) is 25.2. The highest BCUT2D eigenvalue weighted by atomic mass is 32.2. The molecule has 0 aliphatic carbocycles. The van der Waals surface area contributed by atoms with E-state index in [1.165, 1.54) is 0 Å². The first-order chi connectivity index (χ1) is 15.9. The fourth-order valence-electron chi connectivity index (χ4n) is 3.84. The number of benzene rings is 2. The van der Waals surface area contributed by atoms with Gasteiger partial charge in [0.25, 0.3) is 20.2 Å². The second-order valence-electron chi connectivity index (χ2n) is 8.59. The van der Waals surface area contributed by atoms with Gasteiger partial charge in [0.05, 0.1) is 11.5 Å². The van der Waals surface area contributed by atoms with E-state index in [-0.39, 0.29) is 23.0 Å². The van der Waals surface area contributed by atoms with Gasteiger partial charge >= 0.3 is 0 Å². The van der Waals surface area contributed by atoms with Crippen LogP contribution in [0.5, 0.6) is 11.5 Å². The molecule has 4 N–H and O–H groups in total. The molecule has 0 amide bonds. The Morgan fingerprint density at radius 1 is 0.529 bits per heavy atom. The molecule has 0 saturated carbocycles. The van der Waals surface area contributed by atoms with Gasteiger partial charge in [-0.1, -0.05) is 37.8 Å². The van der Waals surface area contributed by atoms with E-state index < -0.39 is 20.2 Å². The van der Waals surface area contributed by atoms with E-state index in [0.717, 1.165) is 47.9 Å². The molecular formula is C24H34O8S2. The molecule has 0 unspecified atom stereocenters. The normalized spacial score (nSPS) is 12.2. The van der Waals surface area contributed by atoms with Crippen LogP contribution in [-0.2, 0) is 33.1 Å². The summed E-state index contributed by atoms with van der Waals surface area (Å²) in [6, 6.07) is 10.8. The van der Waals surface area contributed by atoms with Crippen LogP contribution in [0.2, 0.25) is 0 Å². The maximum absolute atomic E-state index is 10.8. The summed E-state index contributed by atoms with van der Waals surface area (Å²) >= 11 is 0. The van der Waals surface area contributed by atoms with Crippen LogP contribution in [0.4, 0.5) is 0 Å². The fourth-order valence-corrected chi connectivity index (χ4v) is 4.98. The third-order valence-electron chi connectivity index (χ3n) is 5.69. The summed E-state index contributed by atoms with van der Waals surface area (Å²) in [6.07, 6.45) is 6.57. The number of unbranched alkanes of at least 4 members (excludes halogenated alkanes) is 6. The lowest BCUT2D eigenvalue weighted by molar-refractivity contribution is 0.465. The van der Waals surface area contributed by atoms with Crippen molar-refractivity contribution in [2.45, 2.75) is 64.2 Å². The van der Waals surface area contributed by atoms with Gasteiger partial charge in [0.2, 0.25) is 0 Å². The molecule has 0 aliphatic rings. The Morgan fingerprint density at radius 2 is 0.882 bits per heavy atom. The van der Waals surface area contributed by atoms with Crippen molar-refractivity contribution in [3.05, 3.63) is 47.5 Å². The van der Waals surface area contributed by atoms with Crippen LogP contribution in [0.1, 0.15) is 62.5 Å². The minimum atomic E-state index is -3.92. The topological polar surface area (TPSA) is 149 Å². The third kappa shape index (κ3) is 10.9. The Bertz CT molecular complexity index is 1050. The highest BCUT2D eigenvalue weighted by Gasteiger charge is 2.09. The van der Waals surface area contributed by atoms with Crippen molar-refractivity contribution >= 4 is 20.2 Å². The summed E-state index contributed by atoms with van der Waals surface area (Å²) in [7, 11) is -7.84. The standard InChI is InChI=1S/C24H34O8S2/c25-23-13-11-19(17-21(23)9-5-1-3-7-15-33(27,28)29)20-12-14-24(26)22(18-20)10-6-2-4-8-16-34(30,31)32/h11-14,17-18,25-26H,1-10,15-16H2,(H,27,28,29)(H,30,31,32). The highest BCUT2D eigenvalue weighted by Crippen LogP contribution is 2.31. The van der Waals surface area contributed by atoms with Gasteiger partial charge in [-0.3, -0.25) is 9.11 Å². The molecule has 0 spiro atoms. The van der Waals surface area contributed by atoms with Gasteiger partial charge in [0.1, 0.15) is 11.5 Å². The van der Waals surface area contributed by atoms with E-state index in [4.69, 9.17) is 9.11 Å². The number of aryl methyl sites for hydroxylation is 2. The maximum Gasteiger partial charge on any atom is 0.264 e. The van der Waals surface area contributed by atoms with E-state index in [2.05, 4.69) is 0 Å². The fraction of sp³-hybridized carbons (Fsp3) is 0.500. The number of aromatic hydroxyl groups is 2. The van der Waals surface area contributed by atoms with Crippen molar-refractivity contribution in [2.24, 2.45) is 0 Å². The molecule has 8 nitrogen and oxygen atoms in total. The van der Waals surface area contributed by atoms with Crippen molar-refractivity contribution in [3.8, 4) is 22.6 Å². The number of hydrogen-bond acceptors (Lipinski definition) is 6. The second-order valence-corrected chi connectivity index (χ2v) is 11.7. The van der Waals surface area contributed by atoms with Gasteiger partial charge in [0.15, 0.2) is 0 Å². The molecule has 34 heavy (non-hydrogen) atoms. The highest BCUT2D eigenvalue weighted by molar-refractivity contribution is 7.86. The van der Waals surface area contributed by atoms with Crippen molar-refractivity contribution in [3.63, 3.8) is 0 Å². The van der Waals surface area contributed by atoms with E-state index >= 15 is 0 Å². The predicted octanol–water partition coefficient (Wildman–Crippen LogP) is 4.75. The summed E-state index contributed by atoms with van der Waals surface area (Å²) in [5.41, 5.74) is 3.41. The molecule has 190 valence electrons. The zero-order valence-corrected chi connectivity index (χ0v) is 20.8. The van der Waals surface area contributed by atoms with Gasteiger partial charge in [-0.15, -0.1) is 0 Å². The minimum absolute atomic E-state index is 0.200. The number of phenols is 2. The number of phenolic OH excluding ortho intramolecular Hbond substituents is 2. The largest absolute Gasteiger partial charge is 0.508 e. The quantitative estimate of drug-likeness (QED) is 0.197. The molecule has 0 heterocycles. The lowest BCUT2D eigenvalue weighted by Gasteiger charge is -2.11. The summed E-state index contributed by atoms with van der Waals surface area (Å²) < 4.78 is 60.6. The molecule has 0 fully saturated rings.